The fourth-order valence-electron chi connectivity index (χ4n) is 3.39. The topological polar surface area (TPSA) is 73.6 Å². The molecule has 0 unspecified atom stereocenters. The van der Waals surface area contributed by atoms with Gasteiger partial charge in [0.1, 0.15) is 19.0 Å². The highest BCUT2D eigenvalue weighted by molar-refractivity contribution is 6.01. The Balaban J connectivity index is 1.38. The number of carbonyl (C=O) groups excluding carboxylic acids is 1. The number of rotatable bonds is 4. The summed E-state index contributed by atoms with van der Waals surface area (Å²) in [6.07, 6.45) is 1.32. The average Bonchev–Trinajstić information content (AvgIpc) is 3.39. The van der Waals surface area contributed by atoms with Gasteiger partial charge < -0.3 is 19.3 Å². The van der Waals surface area contributed by atoms with E-state index in [9.17, 15) is 9.18 Å². The van der Waals surface area contributed by atoms with E-state index >= 15 is 0 Å². The fraction of sp³-hybridized carbons (Fsp3) is 0.238. The maximum absolute atomic E-state index is 14.0. The van der Waals surface area contributed by atoms with E-state index in [-0.39, 0.29) is 5.91 Å². The summed E-state index contributed by atoms with van der Waals surface area (Å²) in [5.41, 5.74) is 0.712. The predicted molar refractivity (Wildman–Crippen MR) is 98.9 cm³/mol. The van der Waals surface area contributed by atoms with Crippen molar-refractivity contribution in [2.75, 3.05) is 18.5 Å². The number of carbonyl (C=O) groups is 1. The molecule has 0 saturated heterocycles. The summed E-state index contributed by atoms with van der Waals surface area (Å²) in [7, 11) is 0. The van der Waals surface area contributed by atoms with Gasteiger partial charge in [-0.25, -0.2) is 4.39 Å². The summed E-state index contributed by atoms with van der Waals surface area (Å²) >= 11 is 0. The summed E-state index contributed by atoms with van der Waals surface area (Å²) in [6.45, 7) is 0.990. The van der Waals surface area contributed by atoms with Crippen molar-refractivity contribution in [3.05, 3.63) is 60.0 Å². The van der Waals surface area contributed by atoms with Crippen LogP contribution in [0.1, 0.15) is 18.5 Å². The molecule has 0 atom stereocenters. The molecule has 7 heteroatoms. The van der Waals surface area contributed by atoms with Crippen LogP contribution in [0, 0.1) is 5.82 Å². The lowest BCUT2D eigenvalue weighted by Crippen LogP contribution is -2.28. The summed E-state index contributed by atoms with van der Waals surface area (Å²) in [5.74, 6) is 1.02. The zero-order valence-electron chi connectivity index (χ0n) is 14.9. The molecule has 2 heterocycles. The predicted octanol–water partition coefficient (Wildman–Crippen LogP) is 3.92. The first-order valence-corrected chi connectivity index (χ1v) is 9.09. The van der Waals surface area contributed by atoms with Crippen molar-refractivity contribution >= 4 is 11.6 Å². The maximum Gasteiger partial charge on any atom is 0.236 e. The average molecular weight is 380 g/mol. The SMILES string of the molecule is O=C(Nc1ccc2c(c1)OCCO2)C1(c2cc(-c3ccccc3F)on2)CC1. The Bertz CT molecular complexity index is 1060. The summed E-state index contributed by atoms with van der Waals surface area (Å²) in [6, 6.07) is 13.3. The van der Waals surface area contributed by atoms with Crippen LogP contribution in [0.5, 0.6) is 11.5 Å². The molecule has 1 aliphatic carbocycles. The summed E-state index contributed by atoms with van der Waals surface area (Å²) in [5, 5.41) is 6.98. The van der Waals surface area contributed by atoms with Crippen LogP contribution in [-0.2, 0) is 10.2 Å². The Morgan fingerprint density at radius 3 is 2.61 bits per heavy atom. The third kappa shape index (κ3) is 2.79. The second-order valence-corrected chi connectivity index (χ2v) is 6.95. The third-order valence-electron chi connectivity index (χ3n) is 5.12. The molecule has 28 heavy (non-hydrogen) atoms. The van der Waals surface area contributed by atoms with Gasteiger partial charge >= 0.3 is 0 Å². The van der Waals surface area contributed by atoms with Gasteiger partial charge in [-0.2, -0.15) is 0 Å². The Morgan fingerprint density at radius 1 is 1.04 bits per heavy atom. The molecule has 1 saturated carbocycles. The number of aromatic nitrogens is 1. The highest BCUT2D eigenvalue weighted by atomic mass is 19.1. The molecule has 1 aromatic heterocycles. The molecule has 2 aromatic carbocycles. The van der Waals surface area contributed by atoms with Gasteiger partial charge in [-0.05, 0) is 37.1 Å². The second-order valence-electron chi connectivity index (χ2n) is 6.95. The minimum Gasteiger partial charge on any atom is -0.486 e. The van der Waals surface area contributed by atoms with E-state index in [1.807, 2.05) is 0 Å². The van der Waals surface area contributed by atoms with Crippen molar-refractivity contribution in [1.29, 1.82) is 0 Å². The Labute approximate surface area is 160 Å². The van der Waals surface area contributed by atoms with Gasteiger partial charge in [0.2, 0.25) is 5.91 Å². The van der Waals surface area contributed by atoms with Crippen molar-refractivity contribution in [1.82, 2.24) is 5.16 Å². The summed E-state index contributed by atoms with van der Waals surface area (Å²) in [4.78, 5) is 12.9. The highest BCUT2D eigenvalue weighted by Gasteiger charge is 2.54. The van der Waals surface area contributed by atoms with E-state index in [4.69, 9.17) is 14.0 Å². The smallest absolute Gasteiger partial charge is 0.236 e. The molecule has 3 aromatic rings. The normalized spacial score (nSPS) is 16.5. The lowest BCUT2D eigenvalue weighted by Gasteiger charge is -2.19. The number of nitrogens with one attached hydrogen (secondary N) is 1. The van der Waals surface area contributed by atoms with Crippen molar-refractivity contribution in [3.63, 3.8) is 0 Å². The number of halogens is 1. The molecule has 2 aliphatic rings. The highest BCUT2D eigenvalue weighted by Crippen LogP contribution is 2.49. The van der Waals surface area contributed by atoms with E-state index < -0.39 is 11.2 Å². The molecular weight excluding hydrogens is 363 g/mol. The van der Waals surface area contributed by atoms with Crippen molar-refractivity contribution in [3.8, 4) is 22.8 Å². The number of nitrogens with zero attached hydrogens (tertiary/aromatic N) is 1. The van der Waals surface area contributed by atoms with Crippen LogP contribution in [0.3, 0.4) is 0 Å². The van der Waals surface area contributed by atoms with Gasteiger partial charge in [0, 0.05) is 17.8 Å². The van der Waals surface area contributed by atoms with E-state index in [2.05, 4.69) is 10.5 Å². The van der Waals surface area contributed by atoms with Crippen LogP contribution in [-0.4, -0.2) is 24.3 Å². The zero-order valence-corrected chi connectivity index (χ0v) is 14.9. The number of hydrogen-bond acceptors (Lipinski definition) is 5. The van der Waals surface area contributed by atoms with Gasteiger partial charge in [-0.3, -0.25) is 4.79 Å². The minimum absolute atomic E-state index is 0.169. The van der Waals surface area contributed by atoms with Crippen LogP contribution >= 0.6 is 0 Å². The van der Waals surface area contributed by atoms with Crippen molar-refractivity contribution < 1.29 is 23.2 Å². The minimum atomic E-state index is -0.750. The van der Waals surface area contributed by atoms with Gasteiger partial charge in [0.05, 0.1) is 16.7 Å². The van der Waals surface area contributed by atoms with Crippen molar-refractivity contribution in [2.24, 2.45) is 0 Å². The number of anilines is 1. The number of amides is 1. The first-order chi connectivity index (χ1) is 13.7. The van der Waals surface area contributed by atoms with Crippen LogP contribution in [0.15, 0.2) is 53.1 Å². The molecule has 5 rings (SSSR count). The van der Waals surface area contributed by atoms with Gasteiger partial charge in [-0.15, -0.1) is 0 Å². The molecule has 0 radical (unpaired) electrons. The molecular formula is C21H17FN2O4. The Kier molecular flexibility index (Phi) is 3.82. The number of hydrogen-bond donors (Lipinski definition) is 1. The molecule has 0 spiro atoms. The zero-order chi connectivity index (χ0) is 19.1. The largest absolute Gasteiger partial charge is 0.486 e. The van der Waals surface area contributed by atoms with Crippen LogP contribution in [0.25, 0.3) is 11.3 Å². The van der Waals surface area contributed by atoms with Gasteiger partial charge in [0.15, 0.2) is 17.3 Å². The van der Waals surface area contributed by atoms with Crippen LogP contribution < -0.4 is 14.8 Å². The van der Waals surface area contributed by atoms with E-state index in [0.29, 0.717) is 60.3 Å². The lowest BCUT2D eigenvalue weighted by atomic mass is 10.00. The third-order valence-corrected chi connectivity index (χ3v) is 5.12. The van der Waals surface area contributed by atoms with Crippen LogP contribution in [0.2, 0.25) is 0 Å². The first kappa shape index (κ1) is 16.8. The lowest BCUT2D eigenvalue weighted by molar-refractivity contribution is -0.118. The number of benzene rings is 2. The first-order valence-electron chi connectivity index (χ1n) is 9.09. The molecule has 1 fully saturated rings. The van der Waals surface area contributed by atoms with Gasteiger partial charge in [-0.1, -0.05) is 17.3 Å². The molecule has 142 valence electrons. The molecule has 1 aliphatic heterocycles. The second kappa shape index (κ2) is 6.37. The fourth-order valence-corrected chi connectivity index (χ4v) is 3.39. The quantitative estimate of drug-likeness (QED) is 0.743. The monoisotopic (exact) mass is 380 g/mol. The summed E-state index contributed by atoms with van der Waals surface area (Å²) < 4.78 is 30.4. The molecule has 1 N–H and O–H groups in total. The van der Waals surface area contributed by atoms with E-state index in [1.54, 1.807) is 42.5 Å². The van der Waals surface area contributed by atoms with E-state index in [1.165, 1.54) is 6.07 Å². The van der Waals surface area contributed by atoms with E-state index in [0.717, 1.165) is 0 Å². The molecule has 6 nitrogen and oxygen atoms in total. The molecule has 1 amide bonds. The Morgan fingerprint density at radius 2 is 1.82 bits per heavy atom. The molecule has 0 bridgehead atoms. The van der Waals surface area contributed by atoms with Crippen molar-refractivity contribution in [2.45, 2.75) is 18.3 Å². The standard InChI is InChI=1S/C21H17FN2O4/c22-15-4-2-1-3-14(15)17-12-19(24-28-17)21(7-8-21)20(25)23-13-5-6-16-18(11-13)27-10-9-26-16/h1-6,11-12H,7-10H2,(H,23,25). The number of fused-ring (bicyclic) bond motifs is 1. The van der Waals surface area contributed by atoms with Crippen LogP contribution in [0.4, 0.5) is 10.1 Å². The Hall–Kier alpha value is -3.35. The van der Waals surface area contributed by atoms with Gasteiger partial charge in [0.25, 0.3) is 0 Å². The maximum atomic E-state index is 14.0. The number of ether oxygens (including phenoxy) is 2.